The molecule has 0 radical (unpaired) electrons. The Hall–Kier alpha value is -1.84. The molecule has 0 aromatic heterocycles. The quantitative estimate of drug-likeness (QED) is 0.838. The van der Waals surface area contributed by atoms with Gasteiger partial charge >= 0.3 is 0 Å². The first-order chi connectivity index (χ1) is 11.1. The lowest BCUT2D eigenvalue weighted by atomic mass is 10.1. The maximum atomic E-state index is 12.8. The molecule has 4 heteroatoms. The van der Waals surface area contributed by atoms with Gasteiger partial charge in [-0.25, -0.2) is 0 Å². The van der Waals surface area contributed by atoms with Crippen LogP contribution in [0.4, 0.5) is 0 Å². The van der Waals surface area contributed by atoms with Gasteiger partial charge in [0.25, 0.3) is 0 Å². The number of carbonyl (C=O) groups is 2. The molecule has 0 spiro atoms. The van der Waals surface area contributed by atoms with E-state index in [4.69, 9.17) is 0 Å². The second-order valence-electron chi connectivity index (χ2n) is 7.03. The van der Waals surface area contributed by atoms with E-state index in [-0.39, 0.29) is 29.7 Å². The molecule has 0 N–H and O–H groups in total. The number of hydrogen-bond donors (Lipinski definition) is 0. The number of hydrogen-bond acceptors (Lipinski definition) is 2. The minimum absolute atomic E-state index is 0.0716. The lowest BCUT2D eigenvalue weighted by Gasteiger charge is -2.27. The standard InChI is InChI=1S/C19H26N2O2/c1-14(2)21(13-15-8-4-3-5-9-15)19(23)17-12-16(17)18(22)20-10-6-7-11-20/h3-5,8-9,14,16-17H,6-7,10-13H2,1-2H3. The highest BCUT2D eigenvalue weighted by atomic mass is 16.2. The van der Waals surface area contributed by atoms with Gasteiger partial charge in [0.2, 0.25) is 11.8 Å². The van der Waals surface area contributed by atoms with Crippen LogP contribution in [0.3, 0.4) is 0 Å². The molecular weight excluding hydrogens is 288 g/mol. The smallest absolute Gasteiger partial charge is 0.227 e. The van der Waals surface area contributed by atoms with E-state index < -0.39 is 0 Å². The molecule has 1 saturated heterocycles. The fraction of sp³-hybridized carbons (Fsp3) is 0.579. The lowest BCUT2D eigenvalue weighted by molar-refractivity contribution is -0.139. The van der Waals surface area contributed by atoms with Gasteiger partial charge in [0.1, 0.15) is 0 Å². The average Bonchev–Trinajstić information content (AvgIpc) is 3.16. The van der Waals surface area contributed by atoms with Crippen molar-refractivity contribution in [2.45, 2.75) is 45.7 Å². The molecule has 1 saturated carbocycles. The summed E-state index contributed by atoms with van der Waals surface area (Å²) in [4.78, 5) is 29.1. The van der Waals surface area contributed by atoms with E-state index in [9.17, 15) is 9.59 Å². The zero-order chi connectivity index (χ0) is 16.4. The third kappa shape index (κ3) is 3.57. The Morgan fingerprint density at radius 2 is 1.78 bits per heavy atom. The molecule has 0 bridgehead atoms. The van der Waals surface area contributed by atoms with E-state index in [1.54, 1.807) is 0 Å². The summed E-state index contributed by atoms with van der Waals surface area (Å²) in [5.41, 5.74) is 1.14. The van der Waals surface area contributed by atoms with E-state index in [0.29, 0.717) is 6.54 Å². The summed E-state index contributed by atoms with van der Waals surface area (Å²) in [6, 6.07) is 10.2. The van der Waals surface area contributed by atoms with Crippen LogP contribution < -0.4 is 0 Å². The van der Waals surface area contributed by atoms with Gasteiger partial charge in [0, 0.05) is 25.7 Å². The van der Waals surface area contributed by atoms with Gasteiger partial charge in [-0.05, 0) is 38.7 Å². The SMILES string of the molecule is CC(C)N(Cc1ccccc1)C(=O)C1CC1C(=O)N1CCCC1. The maximum Gasteiger partial charge on any atom is 0.227 e. The van der Waals surface area contributed by atoms with Gasteiger partial charge in [-0.1, -0.05) is 30.3 Å². The Morgan fingerprint density at radius 1 is 1.13 bits per heavy atom. The molecule has 2 unspecified atom stereocenters. The maximum absolute atomic E-state index is 12.8. The molecule has 1 aromatic rings. The van der Waals surface area contributed by atoms with Gasteiger partial charge in [0.15, 0.2) is 0 Å². The fourth-order valence-corrected chi connectivity index (χ4v) is 3.42. The van der Waals surface area contributed by atoms with Crippen molar-refractivity contribution in [2.75, 3.05) is 13.1 Å². The van der Waals surface area contributed by atoms with Crippen molar-refractivity contribution in [2.24, 2.45) is 11.8 Å². The van der Waals surface area contributed by atoms with Crippen LogP contribution in [-0.4, -0.2) is 40.7 Å². The monoisotopic (exact) mass is 314 g/mol. The van der Waals surface area contributed by atoms with E-state index in [0.717, 1.165) is 37.9 Å². The van der Waals surface area contributed by atoms with Gasteiger partial charge in [-0.15, -0.1) is 0 Å². The normalized spacial score (nSPS) is 23.2. The summed E-state index contributed by atoms with van der Waals surface area (Å²) in [6.45, 7) is 6.45. The molecule has 124 valence electrons. The van der Waals surface area contributed by atoms with Crippen LogP contribution in [0, 0.1) is 11.8 Å². The summed E-state index contributed by atoms with van der Waals surface area (Å²) in [7, 11) is 0. The van der Waals surface area contributed by atoms with E-state index in [1.165, 1.54) is 0 Å². The Bertz CT molecular complexity index is 564. The summed E-state index contributed by atoms with van der Waals surface area (Å²) < 4.78 is 0. The zero-order valence-corrected chi connectivity index (χ0v) is 14.1. The average molecular weight is 314 g/mol. The number of amides is 2. The van der Waals surface area contributed by atoms with E-state index >= 15 is 0 Å². The van der Waals surface area contributed by atoms with Crippen LogP contribution in [0.1, 0.15) is 38.7 Å². The summed E-state index contributed by atoms with van der Waals surface area (Å²) in [6.07, 6.45) is 2.93. The Balaban J connectivity index is 1.62. The van der Waals surface area contributed by atoms with Gasteiger partial charge in [0.05, 0.1) is 11.8 Å². The molecule has 1 aliphatic heterocycles. The highest BCUT2D eigenvalue weighted by Crippen LogP contribution is 2.42. The molecule has 4 nitrogen and oxygen atoms in total. The lowest BCUT2D eigenvalue weighted by Crippen LogP contribution is -2.39. The number of carbonyl (C=O) groups excluding carboxylic acids is 2. The number of benzene rings is 1. The number of likely N-dealkylation sites (tertiary alicyclic amines) is 1. The van der Waals surface area contributed by atoms with Crippen LogP contribution in [0.2, 0.25) is 0 Å². The Labute approximate surface area is 138 Å². The van der Waals surface area contributed by atoms with Gasteiger partial charge in [-0.2, -0.15) is 0 Å². The molecule has 1 aliphatic carbocycles. The Morgan fingerprint density at radius 3 is 2.39 bits per heavy atom. The zero-order valence-electron chi connectivity index (χ0n) is 14.1. The van der Waals surface area contributed by atoms with Crippen molar-refractivity contribution in [1.82, 2.24) is 9.80 Å². The molecule has 1 heterocycles. The second-order valence-corrected chi connectivity index (χ2v) is 7.03. The minimum Gasteiger partial charge on any atom is -0.342 e. The third-order valence-electron chi connectivity index (χ3n) is 4.94. The number of rotatable bonds is 5. The topological polar surface area (TPSA) is 40.6 Å². The van der Waals surface area contributed by atoms with E-state index in [1.807, 2.05) is 54.0 Å². The van der Waals surface area contributed by atoms with Crippen molar-refractivity contribution in [3.63, 3.8) is 0 Å². The third-order valence-corrected chi connectivity index (χ3v) is 4.94. The minimum atomic E-state index is -0.103. The molecule has 3 rings (SSSR count). The summed E-state index contributed by atoms with van der Waals surface area (Å²) >= 11 is 0. The van der Waals surface area contributed by atoms with Crippen molar-refractivity contribution in [3.05, 3.63) is 35.9 Å². The first-order valence-corrected chi connectivity index (χ1v) is 8.71. The predicted molar refractivity (Wildman–Crippen MR) is 89.5 cm³/mol. The second kappa shape index (κ2) is 6.73. The van der Waals surface area contributed by atoms with Crippen LogP contribution in [0.15, 0.2) is 30.3 Å². The molecule has 2 atom stereocenters. The number of nitrogens with zero attached hydrogens (tertiary/aromatic N) is 2. The highest BCUT2D eigenvalue weighted by Gasteiger charge is 2.51. The summed E-state index contributed by atoms with van der Waals surface area (Å²) in [5.74, 6) is 0.164. The van der Waals surface area contributed by atoms with Gasteiger partial charge in [-0.3, -0.25) is 9.59 Å². The molecule has 2 fully saturated rings. The Kier molecular flexibility index (Phi) is 4.69. The van der Waals surface area contributed by atoms with Gasteiger partial charge < -0.3 is 9.80 Å². The van der Waals surface area contributed by atoms with Crippen molar-refractivity contribution >= 4 is 11.8 Å². The fourth-order valence-electron chi connectivity index (χ4n) is 3.42. The van der Waals surface area contributed by atoms with Crippen molar-refractivity contribution < 1.29 is 9.59 Å². The molecular formula is C19H26N2O2. The van der Waals surface area contributed by atoms with Crippen molar-refractivity contribution in [1.29, 1.82) is 0 Å². The van der Waals surface area contributed by atoms with Crippen LogP contribution in [0.25, 0.3) is 0 Å². The summed E-state index contributed by atoms with van der Waals surface area (Å²) in [5, 5.41) is 0. The van der Waals surface area contributed by atoms with E-state index in [2.05, 4.69) is 0 Å². The molecule has 23 heavy (non-hydrogen) atoms. The predicted octanol–water partition coefficient (Wildman–Crippen LogP) is 2.68. The first-order valence-electron chi connectivity index (χ1n) is 8.71. The first kappa shape index (κ1) is 16.0. The van der Waals surface area contributed by atoms with Crippen LogP contribution in [0.5, 0.6) is 0 Å². The largest absolute Gasteiger partial charge is 0.342 e. The van der Waals surface area contributed by atoms with Crippen LogP contribution >= 0.6 is 0 Å². The molecule has 1 aromatic carbocycles. The van der Waals surface area contributed by atoms with Crippen molar-refractivity contribution in [3.8, 4) is 0 Å². The van der Waals surface area contributed by atoms with Crippen LogP contribution in [-0.2, 0) is 16.1 Å². The molecule has 2 amide bonds. The highest BCUT2D eigenvalue weighted by molar-refractivity contribution is 5.92. The molecule has 2 aliphatic rings.